The van der Waals surface area contributed by atoms with Gasteiger partial charge in [-0.2, -0.15) is 0 Å². The number of para-hydroxylation sites is 1. The maximum absolute atomic E-state index is 14.4. The Kier molecular flexibility index (Phi) is 6.24. The third kappa shape index (κ3) is 4.51. The molecule has 0 aliphatic carbocycles. The zero-order valence-electron chi connectivity index (χ0n) is 16.9. The van der Waals surface area contributed by atoms with Crippen molar-refractivity contribution < 1.29 is 22.4 Å². The first kappa shape index (κ1) is 22.0. The highest BCUT2D eigenvalue weighted by Crippen LogP contribution is 2.29. The number of carbonyl (C=O) groups is 2. The van der Waals surface area contributed by atoms with E-state index in [1.54, 1.807) is 40.6 Å². The van der Waals surface area contributed by atoms with Gasteiger partial charge in [0.2, 0.25) is 11.8 Å². The topological polar surface area (TPSA) is 86.8 Å². The number of hydrogen-bond donors (Lipinski definition) is 1. The SMILES string of the molecule is O=C(CN(c1ccccc1F)S(=O)(=O)c1cccs1)Nc1ccc(N2CCCC2=O)cc1. The molecule has 0 bridgehead atoms. The van der Waals surface area contributed by atoms with Gasteiger partial charge in [0, 0.05) is 24.3 Å². The van der Waals surface area contributed by atoms with Gasteiger partial charge in [-0.3, -0.25) is 13.9 Å². The van der Waals surface area contributed by atoms with E-state index < -0.39 is 28.3 Å². The summed E-state index contributed by atoms with van der Waals surface area (Å²) in [6, 6.07) is 15.1. The molecule has 7 nitrogen and oxygen atoms in total. The number of hydrogen-bond acceptors (Lipinski definition) is 5. The smallest absolute Gasteiger partial charge is 0.274 e. The number of carbonyl (C=O) groups excluding carboxylic acids is 2. The highest BCUT2D eigenvalue weighted by atomic mass is 32.2. The molecule has 32 heavy (non-hydrogen) atoms. The summed E-state index contributed by atoms with van der Waals surface area (Å²) in [5, 5.41) is 4.24. The summed E-state index contributed by atoms with van der Waals surface area (Å²) < 4.78 is 41.4. The van der Waals surface area contributed by atoms with Crippen LogP contribution in [0, 0.1) is 5.82 Å². The number of thiophene rings is 1. The Morgan fingerprint density at radius 1 is 1.09 bits per heavy atom. The van der Waals surface area contributed by atoms with Crippen molar-refractivity contribution >= 4 is 50.2 Å². The first-order valence-electron chi connectivity index (χ1n) is 9.87. The van der Waals surface area contributed by atoms with Crippen LogP contribution < -0.4 is 14.5 Å². The van der Waals surface area contributed by atoms with Crippen molar-refractivity contribution in [2.75, 3.05) is 27.6 Å². The minimum Gasteiger partial charge on any atom is -0.325 e. The normalized spacial score (nSPS) is 13.9. The monoisotopic (exact) mass is 473 g/mol. The van der Waals surface area contributed by atoms with Gasteiger partial charge < -0.3 is 10.2 Å². The van der Waals surface area contributed by atoms with Crippen molar-refractivity contribution in [1.82, 2.24) is 0 Å². The van der Waals surface area contributed by atoms with Crippen molar-refractivity contribution in [3.63, 3.8) is 0 Å². The summed E-state index contributed by atoms with van der Waals surface area (Å²) in [6.45, 7) is 0.0518. The van der Waals surface area contributed by atoms with Gasteiger partial charge in [0.25, 0.3) is 10.0 Å². The first-order valence-corrected chi connectivity index (χ1v) is 12.2. The van der Waals surface area contributed by atoms with Gasteiger partial charge >= 0.3 is 0 Å². The first-order chi connectivity index (χ1) is 15.4. The molecule has 1 saturated heterocycles. The molecule has 2 aromatic carbocycles. The van der Waals surface area contributed by atoms with E-state index in [0.29, 0.717) is 18.7 Å². The van der Waals surface area contributed by atoms with E-state index in [-0.39, 0.29) is 15.8 Å². The van der Waals surface area contributed by atoms with Crippen molar-refractivity contribution in [1.29, 1.82) is 0 Å². The molecule has 10 heteroatoms. The Hall–Kier alpha value is -3.24. The largest absolute Gasteiger partial charge is 0.325 e. The number of nitrogens with one attached hydrogen (secondary N) is 1. The van der Waals surface area contributed by atoms with Crippen molar-refractivity contribution in [2.24, 2.45) is 0 Å². The predicted octanol–water partition coefficient (Wildman–Crippen LogP) is 3.85. The Balaban J connectivity index is 1.54. The summed E-state index contributed by atoms with van der Waals surface area (Å²) in [4.78, 5) is 26.3. The molecular weight excluding hydrogens is 453 g/mol. The van der Waals surface area contributed by atoms with Gasteiger partial charge in [-0.05, 0) is 54.3 Å². The molecule has 1 aliphatic heterocycles. The van der Waals surface area contributed by atoms with Crippen molar-refractivity contribution in [2.45, 2.75) is 17.1 Å². The molecule has 2 amide bonds. The van der Waals surface area contributed by atoms with Gasteiger partial charge in [0.15, 0.2) is 0 Å². The Morgan fingerprint density at radius 2 is 1.84 bits per heavy atom. The molecule has 2 heterocycles. The van der Waals surface area contributed by atoms with Crippen LogP contribution in [0.2, 0.25) is 0 Å². The molecule has 0 unspecified atom stereocenters. The average molecular weight is 474 g/mol. The second-order valence-corrected chi connectivity index (χ2v) is 10.2. The lowest BCUT2D eigenvalue weighted by Gasteiger charge is -2.23. The lowest BCUT2D eigenvalue weighted by molar-refractivity contribution is -0.117. The second-order valence-electron chi connectivity index (χ2n) is 7.14. The predicted molar refractivity (Wildman–Crippen MR) is 122 cm³/mol. The number of sulfonamides is 1. The summed E-state index contributed by atoms with van der Waals surface area (Å²) in [5.41, 5.74) is 0.963. The van der Waals surface area contributed by atoms with Gasteiger partial charge in [-0.15, -0.1) is 11.3 Å². The van der Waals surface area contributed by atoms with Crippen LogP contribution >= 0.6 is 11.3 Å². The molecule has 0 radical (unpaired) electrons. The van der Waals surface area contributed by atoms with Crippen LogP contribution in [0.4, 0.5) is 21.5 Å². The molecular formula is C22H20FN3O4S2. The Labute approximate surface area is 189 Å². The molecule has 0 atom stereocenters. The quantitative estimate of drug-likeness (QED) is 0.565. The summed E-state index contributed by atoms with van der Waals surface area (Å²) in [7, 11) is -4.14. The summed E-state index contributed by atoms with van der Waals surface area (Å²) >= 11 is 0.988. The molecule has 1 N–H and O–H groups in total. The molecule has 1 aliphatic rings. The highest BCUT2D eigenvalue weighted by molar-refractivity contribution is 7.94. The van der Waals surface area contributed by atoms with E-state index in [1.165, 1.54) is 24.3 Å². The lowest BCUT2D eigenvalue weighted by atomic mass is 10.2. The van der Waals surface area contributed by atoms with E-state index in [4.69, 9.17) is 0 Å². The Morgan fingerprint density at radius 3 is 2.47 bits per heavy atom. The maximum Gasteiger partial charge on any atom is 0.274 e. The molecule has 1 fully saturated rings. The van der Waals surface area contributed by atoms with Crippen LogP contribution in [-0.4, -0.2) is 33.3 Å². The average Bonchev–Trinajstić information content (AvgIpc) is 3.46. The van der Waals surface area contributed by atoms with E-state index in [9.17, 15) is 22.4 Å². The van der Waals surface area contributed by atoms with E-state index in [0.717, 1.165) is 33.8 Å². The van der Waals surface area contributed by atoms with Gasteiger partial charge in [0.1, 0.15) is 16.6 Å². The fraction of sp³-hybridized carbons (Fsp3) is 0.182. The summed E-state index contributed by atoms with van der Waals surface area (Å²) in [6.07, 6.45) is 1.32. The van der Waals surface area contributed by atoms with E-state index in [2.05, 4.69) is 5.32 Å². The van der Waals surface area contributed by atoms with Crippen molar-refractivity contribution in [3.8, 4) is 0 Å². The highest BCUT2D eigenvalue weighted by Gasteiger charge is 2.30. The van der Waals surface area contributed by atoms with E-state index in [1.807, 2.05) is 0 Å². The van der Waals surface area contributed by atoms with Crippen LogP contribution in [0.5, 0.6) is 0 Å². The number of nitrogens with zero attached hydrogens (tertiary/aromatic N) is 2. The van der Waals surface area contributed by atoms with E-state index >= 15 is 0 Å². The molecule has 3 aromatic rings. The fourth-order valence-electron chi connectivity index (χ4n) is 3.45. The van der Waals surface area contributed by atoms with Crippen LogP contribution in [-0.2, 0) is 19.6 Å². The molecule has 166 valence electrons. The fourth-order valence-corrected chi connectivity index (χ4v) is 5.98. The number of benzene rings is 2. The molecule has 0 spiro atoms. The van der Waals surface area contributed by atoms with Crippen LogP contribution in [0.3, 0.4) is 0 Å². The number of halogens is 1. The third-order valence-electron chi connectivity index (χ3n) is 4.98. The van der Waals surface area contributed by atoms with Crippen LogP contribution in [0.1, 0.15) is 12.8 Å². The molecule has 0 saturated carbocycles. The third-order valence-corrected chi connectivity index (χ3v) is 8.12. The van der Waals surface area contributed by atoms with Crippen molar-refractivity contribution in [3.05, 3.63) is 71.9 Å². The molecule has 4 rings (SSSR count). The maximum atomic E-state index is 14.4. The Bertz CT molecular complexity index is 1230. The van der Waals surface area contributed by atoms with Gasteiger partial charge in [0.05, 0.1) is 5.69 Å². The minimum atomic E-state index is -4.14. The lowest BCUT2D eigenvalue weighted by Crippen LogP contribution is -2.38. The number of anilines is 3. The van der Waals surface area contributed by atoms with Gasteiger partial charge in [-0.25, -0.2) is 12.8 Å². The van der Waals surface area contributed by atoms with Gasteiger partial charge in [-0.1, -0.05) is 18.2 Å². The zero-order valence-corrected chi connectivity index (χ0v) is 18.5. The van der Waals surface area contributed by atoms with Crippen LogP contribution in [0.15, 0.2) is 70.3 Å². The standard InChI is InChI=1S/C22H20FN3O4S2/c23-18-5-1-2-6-19(18)26(32(29,30)22-8-4-14-31-22)15-20(27)24-16-9-11-17(12-10-16)25-13-3-7-21(25)28/h1-2,4-6,8-12,14H,3,7,13,15H2,(H,24,27). The van der Waals surface area contributed by atoms with Crippen LogP contribution in [0.25, 0.3) is 0 Å². The minimum absolute atomic E-state index is 0.00758. The number of rotatable bonds is 7. The zero-order chi connectivity index (χ0) is 22.7. The molecule has 1 aromatic heterocycles. The summed E-state index contributed by atoms with van der Waals surface area (Å²) in [5.74, 6) is -1.32. The second kappa shape index (κ2) is 9.09. The number of amides is 2.